The van der Waals surface area contributed by atoms with E-state index in [0.717, 1.165) is 16.4 Å². The van der Waals surface area contributed by atoms with Gasteiger partial charge in [0.2, 0.25) is 10.0 Å². The quantitative estimate of drug-likeness (QED) is 0.581. The second-order valence-electron chi connectivity index (χ2n) is 4.80. The van der Waals surface area contributed by atoms with Crippen LogP contribution in [0.4, 0.5) is 5.69 Å². The van der Waals surface area contributed by atoms with Crippen LogP contribution in [0.25, 0.3) is 0 Å². The molecule has 0 unspecified atom stereocenters. The molecule has 0 spiro atoms. The maximum Gasteiger partial charge on any atom is 0.289 e. The highest BCUT2D eigenvalue weighted by molar-refractivity contribution is 7.92. The zero-order chi connectivity index (χ0) is 15.8. The Labute approximate surface area is 122 Å². The minimum absolute atomic E-state index is 0.0750. The van der Waals surface area contributed by atoms with Crippen LogP contribution in [0.15, 0.2) is 29.2 Å². The summed E-state index contributed by atoms with van der Waals surface area (Å²) in [5.41, 5.74) is -0.523. The first-order valence-electron chi connectivity index (χ1n) is 6.07. The SMILES string of the molecule is CN([C@@H]1CCS(=O)(=O)C1)S(=O)(=O)c1ccccc1[N+](=O)[O-]. The summed E-state index contributed by atoms with van der Waals surface area (Å²) in [5.74, 6) is -0.336. The van der Waals surface area contributed by atoms with E-state index in [9.17, 15) is 26.9 Å². The van der Waals surface area contributed by atoms with E-state index >= 15 is 0 Å². The predicted molar refractivity (Wildman–Crippen MR) is 75.1 cm³/mol. The molecule has 0 bridgehead atoms. The summed E-state index contributed by atoms with van der Waals surface area (Å²) in [6.45, 7) is 0. The average Bonchev–Trinajstić information content (AvgIpc) is 2.78. The lowest BCUT2D eigenvalue weighted by Gasteiger charge is -2.22. The summed E-state index contributed by atoms with van der Waals surface area (Å²) < 4.78 is 48.8. The lowest BCUT2D eigenvalue weighted by molar-refractivity contribution is -0.387. The van der Waals surface area contributed by atoms with Crippen molar-refractivity contribution < 1.29 is 21.8 Å². The molecular formula is C11H14N2O6S2. The van der Waals surface area contributed by atoms with Crippen LogP contribution >= 0.6 is 0 Å². The van der Waals surface area contributed by atoms with Crippen LogP contribution in [-0.2, 0) is 19.9 Å². The van der Waals surface area contributed by atoms with Crippen molar-refractivity contribution in [2.24, 2.45) is 0 Å². The van der Waals surface area contributed by atoms with Gasteiger partial charge in [0.15, 0.2) is 14.7 Å². The molecule has 0 aliphatic carbocycles. The summed E-state index contributed by atoms with van der Waals surface area (Å²) in [6.07, 6.45) is 0.193. The van der Waals surface area contributed by atoms with Gasteiger partial charge in [0.1, 0.15) is 0 Å². The van der Waals surface area contributed by atoms with Gasteiger partial charge in [-0.25, -0.2) is 16.8 Å². The zero-order valence-corrected chi connectivity index (χ0v) is 12.8. The highest BCUT2D eigenvalue weighted by Crippen LogP contribution is 2.29. The molecule has 1 fully saturated rings. The third-order valence-corrected chi connectivity index (χ3v) is 7.15. The minimum Gasteiger partial charge on any atom is -0.258 e. The Morgan fingerprint density at radius 3 is 2.48 bits per heavy atom. The van der Waals surface area contributed by atoms with E-state index in [0.29, 0.717) is 0 Å². The number of sulfonamides is 1. The van der Waals surface area contributed by atoms with Crippen molar-refractivity contribution in [3.63, 3.8) is 0 Å². The van der Waals surface area contributed by atoms with E-state index in [4.69, 9.17) is 0 Å². The van der Waals surface area contributed by atoms with E-state index < -0.39 is 41.4 Å². The fraction of sp³-hybridized carbons (Fsp3) is 0.455. The van der Waals surface area contributed by atoms with E-state index in [-0.39, 0.29) is 17.9 Å². The molecule has 21 heavy (non-hydrogen) atoms. The number of benzene rings is 1. The maximum absolute atomic E-state index is 12.5. The summed E-state index contributed by atoms with van der Waals surface area (Å²) >= 11 is 0. The van der Waals surface area contributed by atoms with Crippen LogP contribution in [0.2, 0.25) is 0 Å². The van der Waals surface area contributed by atoms with Crippen LogP contribution in [0.3, 0.4) is 0 Å². The van der Waals surface area contributed by atoms with E-state index in [2.05, 4.69) is 0 Å². The minimum atomic E-state index is -4.12. The fourth-order valence-electron chi connectivity index (χ4n) is 2.24. The van der Waals surface area contributed by atoms with Gasteiger partial charge in [0.05, 0.1) is 16.4 Å². The van der Waals surface area contributed by atoms with E-state index in [1.54, 1.807) is 0 Å². The molecule has 1 aliphatic heterocycles. The molecule has 1 heterocycles. The maximum atomic E-state index is 12.5. The monoisotopic (exact) mass is 334 g/mol. The van der Waals surface area contributed by atoms with Gasteiger partial charge < -0.3 is 0 Å². The van der Waals surface area contributed by atoms with Crippen LogP contribution in [0, 0.1) is 10.1 Å². The topological polar surface area (TPSA) is 115 Å². The molecule has 8 nitrogen and oxygen atoms in total. The molecule has 0 N–H and O–H groups in total. The van der Waals surface area contributed by atoms with Crippen molar-refractivity contribution in [3.8, 4) is 0 Å². The zero-order valence-electron chi connectivity index (χ0n) is 11.2. The van der Waals surface area contributed by atoms with E-state index in [1.165, 1.54) is 19.2 Å². The third-order valence-electron chi connectivity index (χ3n) is 3.44. The van der Waals surface area contributed by atoms with Crippen LogP contribution in [-0.4, -0.2) is 50.7 Å². The van der Waals surface area contributed by atoms with Gasteiger partial charge in [-0.2, -0.15) is 4.31 Å². The summed E-state index contributed by atoms with van der Waals surface area (Å²) in [7, 11) is -6.12. The molecule has 1 saturated heterocycles. The van der Waals surface area contributed by atoms with Gasteiger partial charge in [-0.1, -0.05) is 12.1 Å². The molecule has 1 atom stereocenters. The summed E-state index contributed by atoms with van der Waals surface area (Å²) in [6, 6.07) is 4.32. The predicted octanol–water partition coefficient (Wildman–Crippen LogP) is 0.402. The Kier molecular flexibility index (Phi) is 4.04. The number of rotatable bonds is 4. The van der Waals surface area contributed by atoms with Gasteiger partial charge in [0, 0.05) is 19.2 Å². The number of nitro benzene ring substituents is 1. The Bertz CT molecular complexity index is 772. The molecule has 1 aliphatic rings. The van der Waals surface area contributed by atoms with Crippen molar-refractivity contribution in [2.45, 2.75) is 17.4 Å². The first kappa shape index (κ1) is 15.9. The standard InChI is InChI=1S/C11H14N2O6S2/c1-12(9-6-7-20(16,17)8-9)21(18,19)11-5-3-2-4-10(11)13(14)15/h2-5,9H,6-8H2,1H3/t9-/m1/s1. The van der Waals surface area contributed by atoms with Crippen molar-refractivity contribution in [2.75, 3.05) is 18.6 Å². The highest BCUT2D eigenvalue weighted by atomic mass is 32.2. The second kappa shape index (κ2) is 5.35. The highest BCUT2D eigenvalue weighted by Gasteiger charge is 2.38. The lowest BCUT2D eigenvalue weighted by atomic mass is 10.3. The number of para-hydroxylation sites is 1. The number of nitro groups is 1. The van der Waals surface area contributed by atoms with Gasteiger partial charge in [-0.3, -0.25) is 10.1 Å². The first-order valence-corrected chi connectivity index (χ1v) is 9.33. The molecule has 1 aromatic rings. The van der Waals surface area contributed by atoms with Crippen molar-refractivity contribution in [1.29, 1.82) is 0 Å². The van der Waals surface area contributed by atoms with Gasteiger partial charge in [0.25, 0.3) is 5.69 Å². The smallest absolute Gasteiger partial charge is 0.258 e. The molecule has 116 valence electrons. The average molecular weight is 334 g/mol. The normalized spacial score (nSPS) is 21.5. The molecule has 10 heteroatoms. The second-order valence-corrected chi connectivity index (χ2v) is 9.00. The van der Waals surface area contributed by atoms with Crippen LogP contribution in [0.5, 0.6) is 0 Å². The fourth-order valence-corrected chi connectivity index (χ4v) is 5.65. The molecule has 0 amide bonds. The third kappa shape index (κ3) is 3.06. The number of sulfone groups is 1. The first-order chi connectivity index (χ1) is 9.65. The summed E-state index contributed by atoms with van der Waals surface area (Å²) in [4.78, 5) is 9.74. The van der Waals surface area contributed by atoms with Crippen LogP contribution < -0.4 is 0 Å². The Hall–Kier alpha value is -1.52. The molecule has 0 saturated carbocycles. The molecular weight excluding hydrogens is 320 g/mol. The van der Waals surface area contributed by atoms with E-state index in [1.807, 2.05) is 0 Å². The van der Waals surface area contributed by atoms with Crippen molar-refractivity contribution in [3.05, 3.63) is 34.4 Å². The van der Waals surface area contributed by atoms with Gasteiger partial charge in [-0.05, 0) is 12.5 Å². The Balaban J connectivity index is 2.41. The lowest BCUT2D eigenvalue weighted by Crippen LogP contribution is -2.38. The van der Waals surface area contributed by atoms with Crippen LogP contribution in [0.1, 0.15) is 6.42 Å². The summed E-state index contributed by atoms with van der Waals surface area (Å²) in [5, 5.41) is 10.9. The molecule has 0 radical (unpaired) electrons. The Morgan fingerprint density at radius 2 is 1.95 bits per heavy atom. The largest absolute Gasteiger partial charge is 0.289 e. The molecule has 2 rings (SSSR count). The number of nitrogens with zero attached hydrogens (tertiary/aromatic N) is 2. The molecule has 0 aromatic heterocycles. The number of hydrogen-bond donors (Lipinski definition) is 0. The van der Waals surface area contributed by atoms with Crippen molar-refractivity contribution in [1.82, 2.24) is 4.31 Å². The van der Waals surface area contributed by atoms with Gasteiger partial charge >= 0.3 is 0 Å². The number of hydrogen-bond acceptors (Lipinski definition) is 6. The van der Waals surface area contributed by atoms with Gasteiger partial charge in [-0.15, -0.1) is 0 Å². The Morgan fingerprint density at radius 1 is 1.33 bits per heavy atom. The van der Waals surface area contributed by atoms with Crippen molar-refractivity contribution >= 4 is 25.5 Å². The molecule has 1 aromatic carbocycles.